The fourth-order valence-corrected chi connectivity index (χ4v) is 1.23. The van der Waals surface area contributed by atoms with Gasteiger partial charge in [-0.15, -0.1) is 0 Å². The van der Waals surface area contributed by atoms with Crippen LogP contribution in [0.3, 0.4) is 0 Å². The summed E-state index contributed by atoms with van der Waals surface area (Å²) < 4.78 is 18.1. The molecule has 0 saturated heterocycles. The summed E-state index contributed by atoms with van der Waals surface area (Å²) >= 11 is 0. The fraction of sp³-hybridized carbons (Fsp3) is 0.417. The van der Waals surface area contributed by atoms with Gasteiger partial charge in [0.05, 0.1) is 12.2 Å². The van der Waals surface area contributed by atoms with Gasteiger partial charge in [0.15, 0.2) is 5.69 Å². The molecule has 0 aromatic carbocycles. The van der Waals surface area contributed by atoms with Crippen LogP contribution < -0.4 is 5.32 Å². The Bertz CT molecular complexity index is 497. The van der Waals surface area contributed by atoms with Gasteiger partial charge in [-0.1, -0.05) is 0 Å². The maximum atomic E-state index is 13.1. The molecule has 19 heavy (non-hydrogen) atoms. The number of aromatic nitrogens is 1. The number of ether oxygens (including phenoxy) is 1. The van der Waals surface area contributed by atoms with Crippen molar-refractivity contribution in [1.82, 2.24) is 10.3 Å². The highest BCUT2D eigenvalue weighted by Crippen LogP contribution is 2.08. The second-order valence-corrected chi connectivity index (χ2v) is 4.82. The van der Waals surface area contributed by atoms with Gasteiger partial charge in [0.2, 0.25) is 0 Å². The molecule has 0 spiro atoms. The third kappa shape index (κ3) is 5.33. The summed E-state index contributed by atoms with van der Waals surface area (Å²) in [5, 5.41) is 11.1. The van der Waals surface area contributed by atoms with E-state index < -0.39 is 29.2 Å². The van der Waals surface area contributed by atoms with Crippen molar-refractivity contribution in [1.29, 1.82) is 0 Å². The molecule has 0 fully saturated rings. The molecule has 0 bridgehead atoms. The van der Waals surface area contributed by atoms with E-state index in [9.17, 15) is 14.0 Å². The first kappa shape index (κ1) is 14.9. The maximum Gasteiger partial charge on any atom is 0.407 e. The Morgan fingerprint density at radius 1 is 1.42 bits per heavy atom. The molecule has 1 aromatic rings. The number of hydrogen-bond donors (Lipinski definition) is 2. The number of carbonyl (C=O) groups excluding carboxylic acids is 1. The average molecular weight is 270 g/mol. The Labute approximate surface area is 109 Å². The van der Waals surface area contributed by atoms with E-state index in [-0.39, 0.29) is 12.2 Å². The molecule has 6 nitrogen and oxygen atoms in total. The number of carboxylic acids is 1. The van der Waals surface area contributed by atoms with Crippen LogP contribution in [0.1, 0.15) is 37.0 Å². The first-order valence-corrected chi connectivity index (χ1v) is 5.54. The van der Waals surface area contributed by atoms with Crippen molar-refractivity contribution in [3.05, 3.63) is 29.3 Å². The lowest BCUT2D eigenvalue weighted by atomic mass is 10.2. The van der Waals surface area contributed by atoms with Crippen molar-refractivity contribution in [3.8, 4) is 0 Å². The van der Waals surface area contributed by atoms with Crippen molar-refractivity contribution in [2.75, 3.05) is 0 Å². The number of pyridine rings is 1. The van der Waals surface area contributed by atoms with Gasteiger partial charge in [-0.3, -0.25) is 0 Å². The molecule has 2 N–H and O–H groups in total. The number of hydrogen-bond acceptors (Lipinski definition) is 4. The minimum absolute atomic E-state index is 0.100. The van der Waals surface area contributed by atoms with Crippen LogP contribution in [0.5, 0.6) is 0 Å². The number of halogens is 1. The van der Waals surface area contributed by atoms with E-state index in [1.54, 1.807) is 20.8 Å². The average Bonchev–Trinajstić information content (AvgIpc) is 2.23. The smallest absolute Gasteiger partial charge is 0.407 e. The van der Waals surface area contributed by atoms with Gasteiger partial charge in [-0.05, 0) is 26.8 Å². The minimum Gasteiger partial charge on any atom is -0.477 e. The van der Waals surface area contributed by atoms with Gasteiger partial charge in [-0.2, -0.15) is 0 Å². The largest absolute Gasteiger partial charge is 0.477 e. The lowest BCUT2D eigenvalue weighted by molar-refractivity contribution is 0.0522. The molecule has 1 heterocycles. The Balaban J connectivity index is 2.68. The van der Waals surface area contributed by atoms with Crippen LogP contribution in [0, 0.1) is 5.82 Å². The summed E-state index contributed by atoms with van der Waals surface area (Å²) in [7, 11) is 0. The van der Waals surface area contributed by atoms with E-state index >= 15 is 0 Å². The topological polar surface area (TPSA) is 88.5 Å². The zero-order chi connectivity index (χ0) is 14.6. The molecule has 0 radical (unpaired) electrons. The van der Waals surface area contributed by atoms with Crippen LogP contribution in [-0.4, -0.2) is 27.8 Å². The molecular weight excluding hydrogens is 255 g/mol. The Morgan fingerprint density at radius 3 is 2.58 bits per heavy atom. The third-order valence-electron chi connectivity index (χ3n) is 1.88. The van der Waals surface area contributed by atoms with E-state index in [0.29, 0.717) is 0 Å². The number of nitrogens with zero attached hydrogens (tertiary/aromatic N) is 1. The number of amides is 1. The molecule has 0 saturated carbocycles. The molecule has 0 aliphatic carbocycles. The monoisotopic (exact) mass is 270 g/mol. The first-order valence-electron chi connectivity index (χ1n) is 5.54. The number of rotatable bonds is 3. The molecule has 0 unspecified atom stereocenters. The quantitative estimate of drug-likeness (QED) is 0.876. The van der Waals surface area contributed by atoms with Crippen molar-refractivity contribution < 1.29 is 23.8 Å². The summed E-state index contributed by atoms with van der Waals surface area (Å²) in [6, 6.07) is 1.85. The van der Waals surface area contributed by atoms with Gasteiger partial charge in [-0.25, -0.2) is 19.0 Å². The zero-order valence-corrected chi connectivity index (χ0v) is 10.9. The van der Waals surface area contributed by atoms with Gasteiger partial charge in [0.25, 0.3) is 0 Å². The number of carbonyl (C=O) groups is 2. The van der Waals surface area contributed by atoms with Gasteiger partial charge >= 0.3 is 12.1 Å². The Kier molecular flexibility index (Phi) is 4.42. The molecular formula is C12H15FN2O4. The molecule has 1 aromatic heterocycles. The lowest BCUT2D eigenvalue weighted by Crippen LogP contribution is -2.32. The van der Waals surface area contributed by atoms with Crippen molar-refractivity contribution in [2.24, 2.45) is 0 Å². The molecule has 0 aliphatic heterocycles. The molecule has 7 heteroatoms. The van der Waals surface area contributed by atoms with E-state index in [2.05, 4.69) is 10.3 Å². The molecule has 1 amide bonds. The van der Waals surface area contributed by atoms with Crippen molar-refractivity contribution in [3.63, 3.8) is 0 Å². The summed E-state index contributed by atoms with van der Waals surface area (Å²) in [6.07, 6.45) is -0.685. The number of nitrogens with one attached hydrogen (secondary N) is 1. The highest BCUT2D eigenvalue weighted by Gasteiger charge is 2.16. The van der Waals surface area contributed by atoms with Gasteiger partial charge < -0.3 is 15.2 Å². The summed E-state index contributed by atoms with van der Waals surface area (Å²) in [5.41, 5.74) is -0.963. The maximum absolute atomic E-state index is 13.1. The standard InChI is InChI=1S/C12H15FN2O4/c1-12(2,3)19-11(18)14-6-8-4-7(13)5-9(15-8)10(16)17/h4-5H,6H2,1-3H3,(H,14,18)(H,16,17). The first-order chi connectivity index (χ1) is 8.67. The highest BCUT2D eigenvalue weighted by molar-refractivity contribution is 5.85. The summed E-state index contributed by atoms with van der Waals surface area (Å²) in [6.45, 7) is 4.99. The second-order valence-electron chi connectivity index (χ2n) is 4.82. The SMILES string of the molecule is CC(C)(C)OC(=O)NCc1cc(F)cc(C(=O)O)n1. The van der Waals surface area contributed by atoms with E-state index in [4.69, 9.17) is 9.84 Å². The summed E-state index contributed by atoms with van der Waals surface area (Å²) in [4.78, 5) is 25.7. The second kappa shape index (κ2) is 5.64. The van der Waals surface area contributed by atoms with Crippen LogP contribution in [0.15, 0.2) is 12.1 Å². The van der Waals surface area contributed by atoms with Crippen LogP contribution in [-0.2, 0) is 11.3 Å². The lowest BCUT2D eigenvalue weighted by Gasteiger charge is -2.19. The van der Waals surface area contributed by atoms with Crippen molar-refractivity contribution in [2.45, 2.75) is 32.9 Å². The van der Waals surface area contributed by atoms with Crippen LogP contribution in [0.2, 0.25) is 0 Å². The molecule has 0 atom stereocenters. The molecule has 0 aliphatic rings. The van der Waals surface area contributed by atoms with Gasteiger partial charge in [0, 0.05) is 6.07 Å². The van der Waals surface area contributed by atoms with Crippen molar-refractivity contribution >= 4 is 12.1 Å². The van der Waals surface area contributed by atoms with E-state index in [0.717, 1.165) is 12.1 Å². The van der Waals surface area contributed by atoms with Crippen LogP contribution in [0.25, 0.3) is 0 Å². The normalized spacial score (nSPS) is 10.9. The third-order valence-corrected chi connectivity index (χ3v) is 1.88. The predicted octanol–water partition coefficient (Wildman–Crippen LogP) is 1.94. The van der Waals surface area contributed by atoms with Crippen LogP contribution >= 0.6 is 0 Å². The summed E-state index contributed by atoms with van der Waals surface area (Å²) in [5.74, 6) is -2.06. The number of aromatic carboxylic acids is 1. The van der Waals surface area contributed by atoms with Gasteiger partial charge in [0.1, 0.15) is 11.4 Å². The Hall–Kier alpha value is -2.18. The number of carboxylic acid groups (broad SMARTS) is 1. The predicted molar refractivity (Wildman–Crippen MR) is 64.2 cm³/mol. The molecule has 1 rings (SSSR count). The molecule has 104 valence electrons. The van der Waals surface area contributed by atoms with Crippen LogP contribution in [0.4, 0.5) is 9.18 Å². The minimum atomic E-state index is -1.34. The van der Waals surface area contributed by atoms with E-state index in [1.165, 1.54) is 0 Å². The fourth-order valence-electron chi connectivity index (χ4n) is 1.23. The zero-order valence-electron chi connectivity index (χ0n) is 10.9. The number of alkyl carbamates (subject to hydrolysis) is 1. The Morgan fingerprint density at radius 2 is 2.05 bits per heavy atom. The highest BCUT2D eigenvalue weighted by atomic mass is 19.1. The van der Waals surface area contributed by atoms with E-state index in [1.807, 2.05) is 0 Å².